The number of likely N-dealkylation sites (N-methyl/N-ethyl adjacent to an activating group) is 1. The number of fused-ring (bicyclic) bond motifs is 2. The number of hydrogen-bond donors (Lipinski definition) is 3. The third-order valence-corrected chi connectivity index (χ3v) is 19.2. The van der Waals surface area contributed by atoms with E-state index in [9.17, 15) is 28.8 Å². The Morgan fingerprint density at radius 3 is 1.38 bits per heavy atom. The van der Waals surface area contributed by atoms with E-state index in [0.29, 0.717) is 58.5 Å². The van der Waals surface area contributed by atoms with Crippen molar-refractivity contribution < 1.29 is 57.2 Å². The van der Waals surface area contributed by atoms with Crippen LogP contribution in [0.4, 0.5) is 4.79 Å². The average molecular weight is 1220 g/mol. The van der Waals surface area contributed by atoms with Gasteiger partial charge in [0.05, 0.1) is 38.1 Å². The van der Waals surface area contributed by atoms with Crippen molar-refractivity contribution in [2.45, 2.75) is 238 Å². The van der Waals surface area contributed by atoms with Crippen LogP contribution in [0.2, 0.25) is 25.7 Å². The van der Waals surface area contributed by atoms with Gasteiger partial charge in [-0.05, 0) is 171 Å². The number of carbonyl (C=O) groups excluding carboxylic acids is 6. The van der Waals surface area contributed by atoms with E-state index in [0.717, 1.165) is 43.7 Å². The van der Waals surface area contributed by atoms with Crippen LogP contribution in [0, 0.1) is 23.7 Å². The highest BCUT2D eigenvalue weighted by Crippen LogP contribution is 2.50. The summed E-state index contributed by atoms with van der Waals surface area (Å²) in [5.74, 6) is -0.835. The summed E-state index contributed by atoms with van der Waals surface area (Å²) in [5.41, 5.74) is -2.01. The van der Waals surface area contributed by atoms with Crippen LogP contribution in [0.1, 0.15) is 158 Å². The number of ether oxygens (including phenoxy) is 6. The van der Waals surface area contributed by atoms with Crippen molar-refractivity contribution in [2.75, 3.05) is 20.2 Å². The van der Waals surface area contributed by atoms with Gasteiger partial charge in [0.2, 0.25) is 11.8 Å². The molecule has 3 N–H and O–H groups in total. The number of benzene rings is 4. The van der Waals surface area contributed by atoms with Gasteiger partial charge in [0.15, 0.2) is 0 Å². The molecule has 4 saturated carbocycles. The summed E-state index contributed by atoms with van der Waals surface area (Å²) in [7, 11) is 0.703. The second-order valence-electron chi connectivity index (χ2n) is 29.2. The van der Waals surface area contributed by atoms with Crippen molar-refractivity contribution in [3.05, 3.63) is 96.1 Å². The lowest BCUT2D eigenvalue weighted by Crippen LogP contribution is -2.52. The minimum atomic E-state index is -1.24. The average Bonchev–Trinajstić information content (AvgIpc) is 1.84. The molecule has 0 spiro atoms. The highest BCUT2D eigenvalue weighted by Gasteiger charge is 2.64. The summed E-state index contributed by atoms with van der Waals surface area (Å²) in [4.78, 5) is 78.4. The molecule has 0 aromatic heterocycles. The monoisotopic (exact) mass is 1220 g/mol. The van der Waals surface area contributed by atoms with Gasteiger partial charge in [-0.1, -0.05) is 145 Å². The van der Waals surface area contributed by atoms with Crippen LogP contribution < -0.4 is 16.0 Å². The Kier molecular flexibility index (Phi) is 22.0. The van der Waals surface area contributed by atoms with E-state index in [-0.39, 0.29) is 71.6 Å². The normalized spacial score (nSPS) is 26.7. The maximum absolute atomic E-state index is 13.2. The Morgan fingerprint density at radius 2 is 0.954 bits per heavy atom. The molecule has 3 amide bonds. The number of alkyl carbamates (subject to hydrolysis) is 1. The first-order chi connectivity index (χ1) is 40.7. The molecule has 17 heteroatoms. The van der Waals surface area contributed by atoms with Crippen molar-refractivity contribution in [2.24, 2.45) is 23.7 Å². The predicted molar refractivity (Wildman–Crippen MR) is 343 cm³/mol. The van der Waals surface area contributed by atoms with Crippen molar-refractivity contribution in [1.29, 1.82) is 0 Å². The zero-order valence-corrected chi connectivity index (χ0v) is 56.1. The fraction of sp³-hybridized carbons (Fsp3) is 0.629. The fourth-order valence-corrected chi connectivity index (χ4v) is 12.9. The predicted octanol–water partition coefficient (Wildman–Crippen LogP) is 12.8. The molecule has 1 saturated heterocycles. The molecule has 478 valence electrons. The lowest BCUT2D eigenvalue weighted by atomic mass is 10.0. The Balaban J connectivity index is 0.000000191. The number of amides is 3. The van der Waals surface area contributed by atoms with Gasteiger partial charge in [-0.2, -0.15) is 0 Å². The lowest BCUT2D eigenvalue weighted by molar-refractivity contribution is -0.161. The molecular weight excluding hydrogens is 1120 g/mol. The van der Waals surface area contributed by atoms with Crippen molar-refractivity contribution in [3.63, 3.8) is 0 Å². The summed E-state index contributed by atoms with van der Waals surface area (Å²) in [5, 5.41) is 13.7. The number of carbonyl (C=O) groups is 6. The van der Waals surface area contributed by atoms with E-state index in [2.05, 4.69) is 97.1 Å². The van der Waals surface area contributed by atoms with E-state index in [1.807, 2.05) is 118 Å². The van der Waals surface area contributed by atoms with E-state index in [1.165, 1.54) is 27.1 Å². The number of nitrogens with one attached hydrogen (secondary N) is 3. The summed E-state index contributed by atoms with van der Waals surface area (Å²) in [6, 6.07) is 29.7. The van der Waals surface area contributed by atoms with E-state index < -0.39 is 47.6 Å². The van der Waals surface area contributed by atoms with Crippen molar-refractivity contribution in [1.82, 2.24) is 20.9 Å². The summed E-state index contributed by atoms with van der Waals surface area (Å²) < 4.78 is 34.4. The highest BCUT2D eigenvalue weighted by atomic mass is 28.3. The smallest absolute Gasteiger partial charge is 0.408 e. The molecule has 5 fully saturated rings. The third-order valence-electron chi connectivity index (χ3n) is 17.5. The first-order valence-corrected chi connectivity index (χ1v) is 35.6. The highest BCUT2D eigenvalue weighted by molar-refractivity contribution is 6.76. The maximum Gasteiger partial charge on any atom is 0.408 e. The molecule has 16 nitrogen and oxygen atoms in total. The minimum absolute atomic E-state index is 0.0385. The molecular formula is C70H102N4O12Si. The number of rotatable bonds is 20. The van der Waals surface area contributed by atoms with E-state index in [4.69, 9.17) is 28.4 Å². The molecule has 10 atom stereocenters. The van der Waals surface area contributed by atoms with Crippen molar-refractivity contribution >= 4 is 65.4 Å². The fourth-order valence-electron chi connectivity index (χ4n) is 12.2. The van der Waals surface area contributed by atoms with Crippen LogP contribution in [0.25, 0.3) is 21.5 Å². The van der Waals surface area contributed by atoms with Crippen LogP contribution in [0.15, 0.2) is 84.9 Å². The van der Waals surface area contributed by atoms with Gasteiger partial charge in [-0.3, -0.25) is 14.5 Å². The number of likely N-dealkylation sites (tertiary alicyclic amines) is 1. The van der Waals surface area contributed by atoms with Crippen LogP contribution in [0.3, 0.4) is 0 Å². The second kappa shape index (κ2) is 27.9. The molecule has 1 aliphatic heterocycles. The Hall–Kier alpha value is -5.88. The van der Waals surface area contributed by atoms with Gasteiger partial charge in [-0.15, -0.1) is 0 Å². The molecule has 4 aliphatic carbocycles. The van der Waals surface area contributed by atoms with Gasteiger partial charge in [0, 0.05) is 20.5 Å². The van der Waals surface area contributed by atoms with Crippen LogP contribution in [0.5, 0.6) is 0 Å². The van der Waals surface area contributed by atoms with Gasteiger partial charge in [-0.25, -0.2) is 19.2 Å². The number of hydrogen-bond acceptors (Lipinski definition) is 13. The number of esters is 3. The van der Waals surface area contributed by atoms with Crippen LogP contribution >= 0.6 is 0 Å². The molecule has 5 aliphatic rings. The SMILES string of the molecule is CCC1CC1(NC(=O)OCC[Si](C)(C)C)C(=O)OC(C)(C)C.CCC1C[C@@]1(NC(=O)[C@@H]1C[C@@H](OCc2cccc3ccccc23)CN1C)C(=O)OC(C)(C)C.CC[C@H]1C[C@]1(NC(=O)[C@H]1CC[C@H](OCc2cccc3ccccc23)C1)C(=O)OC(C)(C)C. The molecule has 3 unspecified atom stereocenters. The quantitative estimate of drug-likeness (QED) is 0.0430. The molecule has 9 rings (SSSR count). The van der Waals surface area contributed by atoms with Gasteiger partial charge >= 0.3 is 24.0 Å². The summed E-state index contributed by atoms with van der Waals surface area (Å²) in [6.45, 7) is 31.5. The third kappa shape index (κ3) is 18.4. The number of nitrogens with zero attached hydrogens (tertiary/aromatic N) is 1. The Bertz CT molecular complexity index is 3060. The summed E-state index contributed by atoms with van der Waals surface area (Å²) in [6.07, 6.45) is 6.89. The minimum Gasteiger partial charge on any atom is -0.458 e. The standard InChI is InChI=1S/C27H36N2O4.C27H35NO4.C16H31NO4Si/c1-6-20-15-27(20,25(31)33-26(2,3)4)28-24(30)23-14-21(16-29(23)5)32-17-19-12-9-11-18-10-7-8-13-22(18)19;1-5-21-16-27(21,25(30)32-26(2,3)4)28-24(29)19-13-14-22(15-19)31-17-20-11-8-10-18-9-6-7-12-23(18)20;1-8-12-11-16(12,13(18)21-15(2,3)4)17-14(19)20-9-10-22(5,6)7/h7-13,20-21,23H,6,14-17H2,1-5H3,(H,28,30);6-12,19,21-22H,5,13-17H2,1-4H3,(H,28,29);12H,8-11H2,1-7H3,(H,17,19)/t20?,21-,23+,27+;19-,21-,22-,27+;/m10./s1. The van der Waals surface area contributed by atoms with Gasteiger partial charge in [0.25, 0.3) is 0 Å². The zero-order chi connectivity index (χ0) is 63.9. The van der Waals surface area contributed by atoms with E-state index >= 15 is 0 Å². The molecule has 4 aromatic carbocycles. The lowest BCUT2D eigenvalue weighted by Gasteiger charge is -2.27. The molecule has 87 heavy (non-hydrogen) atoms. The van der Waals surface area contributed by atoms with Gasteiger partial charge in [0.1, 0.15) is 33.4 Å². The van der Waals surface area contributed by atoms with Crippen LogP contribution in [-0.2, 0) is 65.6 Å². The van der Waals surface area contributed by atoms with Crippen LogP contribution in [-0.4, -0.2) is 121 Å². The first kappa shape index (κ1) is 68.6. The largest absolute Gasteiger partial charge is 0.458 e. The summed E-state index contributed by atoms with van der Waals surface area (Å²) >= 11 is 0. The molecule has 0 radical (unpaired) electrons. The zero-order valence-electron chi connectivity index (χ0n) is 55.1. The Labute approximate surface area is 519 Å². The molecule has 4 aromatic rings. The maximum atomic E-state index is 13.2. The van der Waals surface area contributed by atoms with E-state index in [1.54, 1.807) is 0 Å². The topological polar surface area (TPSA) is 197 Å². The Morgan fingerprint density at radius 1 is 0.540 bits per heavy atom. The second-order valence-corrected chi connectivity index (χ2v) is 34.9. The molecule has 1 heterocycles. The molecule has 0 bridgehead atoms. The van der Waals surface area contributed by atoms with Gasteiger partial charge < -0.3 is 44.4 Å². The first-order valence-electron chi connectivity index (χ1n) is 31.9. The van der Waals surface area contributed by atoms with Crippen molar-refractivity contribution in [3.8, 4) is 0 Å².